The van der Waals surface area contributed by atoms with Crippen molar-refractivity contribution in [3.05, 3.63) is 0 Å². The Balaban J connectivity index is 0. The Kier molecular flexibility index (Phi) is 594. The Morgan fingerprint density at radius 3 is 0.400 bits per heavy atom. The number of rotatable bonds is 0. The van der Waals surface area contributed by atoms with Gasteiger partial charge >= 0.3 is 19.5 Å². The minimum atomic E-state index is 0. The summed E-state index contributed by atoms with van der Waals surface area (Å²) in [5, 5.41) is 0. The second-order valence-electron chi connectivity index (χ2n) is 0. The molecule has 0 fully saturated rings. The van der Waals surface area contributed by atoms with E-state index in [1.807, 2.05) is 0 Å². The molecule has 0 nitrogen and oxygen atoms in total. The van der Waals surface area contributed by atoms with Crippen LogP contribution in [0.5, 0.6) is 0 Å². The van der Waals surface area contributed by atoms with Gasteiger partial charge in [0.1, 0.15) is 0 Å². The molecule has 0 bridgehead atoms. The Bertz CT molecular complexity index is 3.61. The first-order valence-electron chi connectivity index (χ1n) is 0. The molecule has 0 heterocycles. The fraction of sp³-hybridized carbons (Fsp3) is 0. The van der Waals surface area contributed by atoms with Crippen molar-refractivity contribution in [3.8, 4) is 0 Å². The van der Waals surface area contributed by atoms with E-state index in [2.05, 4.69) is 0 Å². The van der Waals surface area contributed by atoms with E-state index in [9.17, 15) is 0 Å². The van der Waals surface area contributed by atoms with Crippen LogP contribution in [0.1, 0.15) is 0 Å². The molecular formula is Cl4Zn. The van der Waals surface area contributed by atoms with Gasteiger partial charge in [0.05, 0.1) is 0 Å². The third kappa shape index (κ3) is 26.0. The minimum Gasteiger partial charge on any atom is -1.00 e. The molecule has 0 aromatic heterocycles. The van der Waals surface area contributed by atoms with E-state index < -0.39 is 0 Å². The zero-order chi connectivity index (χ0) is 0. The molecule has 0 amide bonds. The van der Waals surface area contributed by atoms with Crippen LogP contribution in [0.3, 0.4) is 0 Å². The first-order chi connectivity index (χ1) is 0. The Morgan fingerprint density at radius 1 is 0.400 bits per heavy atom. The van der Waals surface area contributed by atoms with Crippen LogP contribution >= 0.6 is 0 Å². The van der Waals surface area contributed by atoms with Crippen LogP contribution in [-0.2, 0) is 19.5 Å². The van der Waals surface area contributed by atoms with Gasteiger partial charge in [0.15, 0.2) is 0 Å². The molecule has 0 radical (unpaired) electrons. The second kappa shape index (κ2) is 41.6. The maximum atomic E-state index is 0. The van der Waals surface area contributed by atoms with Gasteiger partial charge in [-0.3, -0.25) is 0 Å². The normalized spacial score (nSPS) is 0. The topological polar surface area (TPSA) is 0 Å². The van der Waals surface area contributed by atoms with Gasteiger partial charge in [-0.2, -0.15) is 0 Å². The standard InChI is InChI=1S/4ClH.Zn/h4*1H;/q;;;;+4/p-4. The molecule has 0 unspecified atom stereocenters. The quantitative estimate of drug-likeness (QED) is 0.346. The van der Waals surface area contributed by atoms with Crippen LogP contribution in [-0.4, -0.2) is 0 Å². The number of hydrogen-bond donors (Lipinski definition) is 0. The molecule has 5 heteroatoms. The van der Waals surface area contributed by atoms with Crippen LogP contribution < -0.4 is 49.6 Å². The smallest absolute Gasteiger partial charge is 1.00 e. The maximum Gasteiger partial charge on any atom is 4.00 e. The summed E-state index contributed by atoms with van der Waals surface area (Å²) in [7, 11) is 0. The largest absolute Gasteiger partial charge is 4.00 e. The van der Waals surface area contributed by atoms with Crippen LogP contribution in [0.15, 0.2) is 0 Å². The minimum absolute atomic E-state index is 0. The summed E-state index contributed by atoms with van der Waals surface area (Å²) in [6, 6.07) is 0. The summed E-state index contributed by atoms with van der Waals surface area (Å²) in [6.07, 6.45) is 0. The third-order valence-corrected chi connectivity index (χ3v) is 0. The zero-order valence-electron chi connectivity index (χ0n) is 2.22. The molecule has 0 aliphatic carbocycles. The molecule has 0 rings (SSSR count). The summed E-state index contributed by atoms with van der Waals surface area (Å²) in [5.74, 6) is 0. The van der Waals surface area contributed by atoms with Gasteiger partial charge in [-0.05, 0) is 0 Å². The van der Waals surface area contributed by atoms with Gasteiger partial charge in [0.2, 0.25) is 0 Å². The van der Waals surface area contributed by atoms with E-state index in [0.29, 0.717) is 0 Å². The molecule has 0 N–H and O–H groups in total. The molecule has 0 spiro atoms. The first kappa shape index (κ1) is 71.3. The van der Waals surface area contributed by atoms with E-state index in [1.165, 1.54) is 0 Å². The summed E-state index contributed by atoms with van der Waals surface area (Å²) < 4.78 is 0. The summed E-state index contributed by atoms with van der Waals surface area (Å²) >= 11 is 0. The monoisotopic (exact) mass is 204 g/mol. The van der Waals surface area contributed by atoms with E-state index in [-0.39, 0.29) is 69.1 Å². The second-order valence-corrected chi connectivity index (χ2v) is 0. The van der Waals surface area contributed by atoms with E-state index in [4.69, 9.17) is 0 Å². The van der Waals surface area contributed by atoms with Crippen molar-refractivity contribution in [1.29, 1.82) is 0 Å². The maximum absolute atomic E-state index is 0. The predicted molar refractivity (Wildman–Crippen MR) is 0 cm³/mol. The van der Waals surface area contributed by atoms with Gasteiger partial charge in [-0.1, -0.05) is 0 Å². The summed E-state index contributed by atoms with van der Waals surface area (Å²) in [5.41, 5.74) is 0. The molecule has 0 saturated carbocycles. The molecule has 0 aromatic carbocycles. The molecule has 5 heavy (non-hydrogen) atoms. The van der Waals surface area contributed by atoms with E-state index >= 15 is 0 Å². The van der Waals surface area contributed by atoms with Gasteiger partial charge in [0.25, 0.3) is 0 Å². The van der Waals surface area contributed by atoms with Crippen LogP contribution in [0, 0.1) is 0 Å². The molecule has 0 aliphatic rings. The zero-order valence-corrected chi connectivity index (χ0v) is 8.21. The molecule has 30 valence electrons. The Labute approximate surface area is 68.9 Å². The van der Waals surface area contributed by atoms with E-state index in [1.54, 1.807) is 0 Å². The molecule has 0 saturated heterocycles. The fourth-order valence-electron chi connectivity index (χ4n) is 0. The molecule has 0 aliphatic heterocycles. The SMILES string of the molecule is [Cl-].[Cl-].[Cl-].[Cl-].[Zn+4]. The average Bonchev–Trinajstić information content (AvgIpc) is 0. The predicted octanol–water partition coefficient (Wildman–Crippen LogP) is -12.0. The summed E-state index contributed by atoms with van der Waals surface area (Å²) in [6.45, 7) is 0. The van der Waals surface area contributed by atoms with Gasteiger partial charge < -0.3 is 49.6 Å². The Morgan fingerprint density at radius 2 is 0.400 bits per heavy atom. The number of hydrogen-bond acceptors (Lipinski definition) is 0. The van der Waals surface area contributed by atoms with Crippen molar-refractivity contribution in [3.63, 3.8) is 0 Å². The molecule has 0 atom stereocenters. The van der Waals surface area contributed by atoms with Crippen LogP contribution in [0.25, 0.3) is 0 Å². The van der Waals surface area contributed by atoms with Crippen molar-refractivity contribution in [1.82, 2.24) is 0 Å². The van der Waals surface area contributed by atoms with E-state index in [0.717, 1.165) is 0 Å². The first-order valence-corrected chi connectivity index (χ1v) is 0. The fourth-order valence-corrected chi connectivity index (χ4v) is 0. The van der Waals surface area contributed by atoms with Crippen molar-refractivity contribution >= 4 is 0 Å². The Hall–Kier alpha value is 1.78. The van der Waals surface area contributed by atoms with Crippen molar-refractivity contribution in [2.75, 3.05) is 0 Å². The molecular weight excluding hydrogens is 207 g/mol. The molecule has 0 aromatic rings. The van der Waals surface area contributed by atoms with Gasteiger partial charge in [-0.25, -0.2) is 0 Å². The van der Waals surface area contributed by atoms with Gasteiger partial charge in [0, 0.05) is 0 Å². The summed E-state index contributed by atoms with van der Waals surface area (Å²) in [4.78, 5) is 0. The van der Waals surface area contributed by atoms with Crippen LogP contribution in [0.4, 0.5) is 0 Å². The van der Waals surface area contributed by atoms with Crippen LogP contribution in [0.2, 0.25) is 0 Å². The van der Waals surface area contributed by atoms with Crippen molar-refractivity contribution in [2.24, 2.45) is 0 Å². The average molecular weight is 207 g/mol. The van der Waals surface area contributed by atoms with Crippen molar-refractivity contribution < 1.29 is 69.1 Å². The number of halogens is 4. The van der Waals surface area contributed by atoms with Gasteiger partial charge in [-0.15, -0.1) is 0 Å². The van der Waals surface area contributed by atoms with Crippen molar-refractivity contribution in [2.45, 2.75) is 0 Å². The third-order valence-electron chi connectivity index (χ3n) is 0.